The molecule has 0 heterocycles. The molecule has 0 aliphatic carbocycles. The molecule has 18 heavy (non-hydrogen) atoms. The van der Waals surface area contributed by atoms with Gasteiger partial charge < -0.3 is 0 Å². The van der Waals surface area contributed by atoms with Gasteiger partial charge in [-0.3, -0.25) is 0 Å². The van der Waals surface area contributed by atoms with Crippen molar-refractivity contribution >= 4 is 12.2 Å². The first kappa shape index (κ1) is 11.6. The van der Waals surface area contributed by atoms with E-state index >= 15 is 0 Å². The van der Waals surface area contributed by atoms with Gasteiger partial charge in [0.1, 0.15) is 0 Å². The van der Waals surface area contributed by atoms with Crippen LogP contribution < -0.4 is 0 Å². The van der Waals surface area contributed by atoms with Crippen LogP contribution in [0, 0.1) is 22.7 Å². The third kappa shape index (κ3) is 2.84. The second-order valence-electron chi connectivity index (χ2n) is 3.80. The Labute approximate surface area is 106 Å². The Bertz CT molecular complexity index is 653. The summed E-state index contributed by atoms with van der Waals surface area (Å²) in [4.78, 5) is 0. The van der Waals surface area contributed by atoms with Crippen LogP contribution in [0.1, 0.15) is 22.3 Å². The lowest BCUT2D eigenvalue weighted by atomic mass is 10.1. The maximum Gasteiger partial charge on any atom is 0.0991 e. The van der Waals surface area contributed by atoms with Gasteiger partial charge in [0.05, 0.1) is 23.3 Å². The van der Waals surface area contributed by atoms with Crippen molar-refractivity contribution in [1.29, 1.82) is 10.5 Å². The molecule has 0 aliphatic heterocycles. The summed E-state index contributed by atoms with van der Waals surface area (Å²) in [5.74, 6) is 0. The van der Waals surface area contributed by atoms with Crippen molar-refractivity contribution in [3.05, 3.63) is 70.8 Å². The minimum absolute atomic E-state index is 0.650. The van der Waals surface area contributed by atoms with Gasteiger partial charge in [0.15, 0.2) is 0 Å². The van der Waals surface area contributed by atoms with E-state index in [1.165, 1.54) is 0 Å². The molecule has 0 aliphatic rings. The smallest absolute Gasteiger partial charge is 0.0991 e. The van der Waals surface area contributed by atoms with Crippen LogP contribution in [0.15, 0.2) is 48.5 Å². The maximum absolute atomic E-state index is 8.80. The molecule has 0 fully saturated rings. The molecule has 0 saturated heterocycles. The SMILES string of the molecule is N#Cc1ccc(/C=C/c2cccc(C#N)c2)cc1. The molecule has 0 unspecified atom stereocenters. The van der Waals surface area contributed by atoms with Crippen LogP contribution in [-0.2, 0) is 0 Å². The van der Waals surface area contributed by atoms with Gasteiger partial charge >= 0.3 is 0 Å². The van der Waals surface area contributed by atoms with E-state index in [2.05, 4.69) is 12.1 Å². The quantitative estimate of drug-likeness (QED) is 0.740. The van der Waals surface area contributed by atoms with Crippen molar-refractivity contribution in [2.45, 2.75) is 0 Å². The topological polar surface area (TPSA) is 47.6 Å². The molecule has 0 radical (unpaired) electrons. The predicted octanol–water partition coefficient (Wildman–Crippen LogP) is 3.60. The maximum atomic E-state index is 8.80. The number of nitrogens with zero attached hydrogens (tertiary/aromatic N) is 2. The van der Waals surface area contributed by atoms with Crippen molar-refractivity contribution in [3.63, 3.8) is 0 Å². The molecule has 2 rings (SSSR count). The Morgan fingerprint density at radius 3 is 2.06 bits per heavy atom. The lowest BCUT2D eigenvalue weighted by Gasteiger charge is -1.95. The molecule has 2 aromatic rings. The van der Waals surface area contributed by atoms with Crippen LogP contribution in [0.5, 0.6) is 0 Å². The summed E-state index contributed by atoms with van der Waals surface area (Å²) in [5.41, 5.74) is 3.31. The molecule has 84 valence electrons. The molecular formula is C16H10N2. The predicted molar refractivity (Wildman–Crippen MR) is 71.2 cm³/mol. The molecule has 0 aromatic heterocycles. The van der Waals surface area contributed by atoms with Crippen molar-refractivity contribution in [3.8, 4) is 12.1 Å². The zero-order valence-corrected chi connectivity index (χ0v) is 9.67. The largest absolute Gasteiger partial charge is 0.192 e. The Morgan fingerprint density at radius 2 is 1.39 bits per heavy atom. The van der Waals surface area contributed by atoms with Crippen molar-refractivity contribution in [2.24, 2.45) is 0 Å². The molecule has 2 nitrogen and oxygen atoms in total. The molecule has 0 bridgehead atoms. The summed E-state index contributed by atoms with van der Waals surface area (Å²) in [6.07, 6.45) is 3.90. The highest BCUT2D eigenvalue weighted by Crippen LogP contribution is 2.10. The lowest BCUT2D eigenvalue weighted by Crippen LogP contribution is -1.77. The highest BCUT2D eigenvalue weighted by Gasteiger charge is 1.92. The molecule has 0 amide bonds. The number of hydrogen-bond acceptors (Lipinski definition) is 2. The van der Waals surface area contributed by atoms with Gasteiger partial charge in [0.2, 0.25) is 0 Å². The van der Waals surface area contributed by atoms with Crippen LogP contribution in [0.4, 0.5) is 0 Å². The fourth-order valence-electron chi connectivity index (χ4n) is 1.57. The van der Waals surface area contributed by atoms with Gasteiger partial charge in [-0.15, -0.1) is 0 Å². The van der Waals surface area contributed by atoms with E-state index in [0.717, 1.165) is 11.1 Å². The molecular weight excluding hydrogens is 220 g/mol. The first-order chi connectivity index (χ1) is 8.81. The van der Waals surface area contributed by atoms with E-state index in [-0.39, 0.29) is 0 Å². The average Bonchev–Trinajstić information content (AvgIpc) is 2.46. The van der Waals surface area contributed by atoms with Crippen LogP contribution >= 0.6 is 0 Å². The first-order valence-corrected chi connectivity index (χ1v) is 5.50. The summed E-state index contributed by atoms with van der Waals surface area (Å²) >= 11 is 0. The van der Waals surface area contributed by atoms with Gasteiger partial charge in [0.25, 0.3) is 0 Å². The van der Waals surface area contributed by atoms with E-state index in [0.29, 0.717) is 11.1 Å². The van der Waals surface area contributed by atoms with Gasteiger partial charge in [-0.25, -0.2) is 0 Å². The number of hydrogen-bond donors (Lipinski definition) is 0. The molecule has 0 atom stereocenters. The molecule has 0 N–H and O–H groups in total. The van der Waals surface area contributed by atoms with Crippen molar-refractivity contribution in [1.82, 2.24) is 0 Å². The zero-order chi connectivity index (χ0) is 12.8. The molecule has 2 aromatic carbocycles. The molecule has 0 spiro atoms. The summed E-state index contributed by atoms with van der Waals surface area (Å²) in [5, 5.41) is 17.5. The van der Waals surface area contributed by atoms with Crippen LogP contribution in [0.25, 0.3) is 12.2 Å². The second kappa shape index (κ2) is 5.48. The summed E-state index contributed by atoms with van der Waals surface area (Å²) in [6, 6.07) is 19.0. The van der Waals surface area contributed by atoms with E-state index in [4.69, 9.17) is 10.5 Å². The van der Waals surface area contributed by atoms with Crippen molar-refractivity contribution < 1.29 is 0 Å². The summed E-state index contributed by atoms with van der Waals surface area (Å²) in [7, 11) is 0. The monoisotopic (exact) mass is 230 g/mol. The first-order valence-electron chi connectivity index (χ1n) is 5.50. The standard InChI is InChI=1S/C16H10N2/c17-11-15-8-5-13(6-9-15)4-7-14-2-1-3-16(10-14)12-18/h1-10H/b7-4+. The third-order valence-electron chi connectivity index (χ3n) is 2.52. The highest BCUT2D eigenvalue weighted by atomic mass is 14.2. The van der Waals surface area contributed by atoms with Crippen LogP contribution in [0.3, 0.4) is 0 Å². The Morgan fingerprint density at radius 1 is 0.722 bits per heavy atom. The van der Waals surface area contributed by atoms with Crippen molar-refractivity contribution in [2.75, 3.05) is 0 Å². The Kier molecular flexibility index (Phi) is 3.54. The zero-order valence-electron chi connectivity index (χ0n) is 9.67. The summed E-state index contributed by atoms with van der Waals surface area (Å²) < 4.78 is 0. The normalized spacial score (nSPS) is 9.89. The fraction of sp³-hybridized carbons (Fsp3) is 0. The second-order valence-corrected chi connectivity index (χ2v) is 3.80. The average molecular weight is 230 g/mol. The van der Waals surface area contributed by atoms with Crippen LogP contribution in [0.2, 0.25) is 0 Å². The number of nitriles is 2. The number of rotatable bonds is 2. The Hall–Kier alpha value is -2.84. The minimum Gasteiger partial charge on any atom is -0.192 e. The minimum atomic E-state index is 0.650. The number of benzene rings is 2. The lowest BCUT2D eigenvalue weighted by molar-refractivity contribution is 1.48. The molecule has 0 saturated carbocycles. The van der Waals surface area contributed by atoms with Gasteiger partial charge in [0, 0.05) is 0 Å². The summed E-state index contributed by atoms with van der Waals surface area (Å²) in [6.45, 7) is 0. The third-order valence-corrected chi connectivity index (χ3v) is 2.52. The van der Waals surface area contributed by atoms with Gasteiger partial charge in [-0.1, -0.05) is 36.4 Å². The fourth-order valence-corrected chi connectivity index (χ4v) is 1.57. The molecule has 2 heteroatoms. The van der Waals surface area contributed by atoms with E-state index in [9.17, 15) is 0 Å². The highest BCUT2D eigenvalue weighted by molar-refractivity contribution is 5.70. The van der Waals surface area contributed by atoms with E-state index < -0.39 is 0 Å². The van der Waals surface area contributed by atoms with E-state index in [1.807, 2.05) is 42.5 Å². The van der Waals surface area contributed by atoms with Crippen LogP contribution in [-0.4, -0.2) is 0 Å². The van der Waals surface area contributed by atoms with E-state index in [1.54, 1.807) is 18.2 Å². The Balaban J connectivity index is 2.19. The van der Waals surface area contributed by atoms with Gasteiger partial charge in [-0.2, -0.15) is 10.5 Å². The van der Waals surface area contributed by atoms with Gasteiger partial charge in [-0.05, 0) is 35.4 Å².